The number of imide groups is 1. The van der Waals surface area contributed by atoms with Crippen LogP contribution < -0.4 is 5.32 Å². The van der Waals surface area contributed by atoms with Crippen LogP contribution in [0, 0.1) is 0 Å². The van der Waals surface area contributed by atoms with Gasteiger partial charge in [-0.3, -0.25) is 14.9 Å². The molecule has 3 nitrogen and oxygen atoms in total. The van der Waals surface area contributed by atoms with Crippen molar-refractivity contribution in [1.29, 1.82) is 0 Å². The van der Waals surface area contributed by atoms with Crippen LogP contribution in [0.5, 0.6) is 0 Å². The van der Waals surface area contributed by atoms with Crippen LogP contribution >= 0.6 is 23.5 Å². The lowest BCUT2D eigenvalue weighted by Gasteiger charge is -2.27. The standard InChI is InChI=1S/C18H13NO2S2/c20-17-16(23-18(21)19-17)13-10-15(11-6-2-1-3-7-11)22-14-9-5-4-8-12(13)14/h1-9,15H,10H2,(H,19,20,21)/b16-13-. The van der Waals surface area contributed by atoms with Gasteiger partial charge in [-0.25, -0.2) is 0 Å². The molecule has 2 heterocycles. The van der Waals surface area contributed by atoms with Crippen molar-refractivity contribution in [3.8, 4) is 0 Å². The maximum atomic E-state index is 12.1. The van der Waals surface area contributed by atoms with E-state index >= 15 is 0 Å². The average molecular weight is 339 g/mol. The Morgan fingerprint density at radius 2 is 1.70 bits per heavy atom. The van der Waals surface area contributed by atoms with Crippen LogP contribution in [0.15, 0.2) is 64.4 Å². The quantitative estimate of drug-likeness (QED) is 0.770. The van der Waals surface area contributed by atoms with Crippen LogP contribution in [0.1, 0.15) is 22.8 Å². The predicted octanol–water partition coefficient (Wildman–Crippen LogP) is 4.62. The van der Waals surface area contributed by atoms with Gasteiger partial charge < -0.3 is 0 Å². The molecular weight excluding hydrogens is 326 g/mol. The number of carbonyl (C=O) groups is 2. The first-order valence-electron chi connectivity index (χ1n) is 7.29. The average Bonchev–Trinajstić information content (AvgIpc) is 2.93. The summed E-state index contributed by atoms with van der Waals surface area (Å²) in [5.41, 5.74) is 3.28. The molecule has 0 aromatic heterocycles. The van der Waals surface area contributed by atoms with Crippen LogP contribution in [0.2, 0.25) is 0 Å². The third kappa shape index (κ3) is 2.71. The minimum atomic E-state index is -0.288. The molecule has 23 heavy (non-hydrogen) atoms. The Hall–Kier alpha value is -1.98. The van der Waals surface area contributed by atoms with Gasteiger partial charge in [0.25, 0.3) is 11.1 Å². The lowest BCUT2D eigenvalue weighted by atomic mass is 9.96. The number of benzene rings is 2. The smallest absolute Gasteiger partial charge is 0.282 e. The monoisotopic (exact) mass is 339 g/mol. The van der Waals surface area contributed by atoms with E-state index in [4.69, 9.17) is 0 Å². The number of nitrogens with one attached hydrogen (secondary N) is 1. The number of hydrogen-bond donors (Lipinski definition) is 1. The molecule has 0 saturated carbocycles. The van der Waals surface area contributed by atoms with Gasteiger partial charge in [-0.15, -0.1) is 11.8 Å². The molecule has 0 aliphatic carbocycles. The maximum Gasteiger partial charge on any atom is 0.290 e. The number of thioether (sulfide) groups is 2. The van der Waals surface area contributed by atoms with Crippen molar-refractivity contribution in [3.05, 3.63) is 70.6 Å². The number of rotatable bonds is 1. The molecule has 0 bridgehead atoms. The lowest BCUT2D eigenvalue weighted by molar-refractivity contribution is -0.115. The Balaban J connectivity index is 1.83. The summed E-state index contributed by atoms with van der Waals surface area (Å²) in [6, 6.07) is 18.4. The second kappa shape index (κ2) is 5.91. The summed E-state index contributed by atoms with van der Waals surface area (Å²) < 4.78 is 0. The molecule has 2 aromatic carbocycles. The second-order valence-electron chi connectivity index (χ2n) is 5.37. The summed E-state index contributed by atoms with van der Waals surface area (Å²) in [5.74, 6) is -0.275. The van der Waals surface area contributed by atoms with Crippen molar-refractivity contribution >= 4 is 40.2 Å². The minimum absolute atomic E-state index is 0.248. The van der Waals surface area contributed by atoms with Crippen LogP contribution in [0.4, 0.5) is 4.79 Å². The van der Waals surface area contributed by atoms with E-state index in [0.29, 0.717) is 4.91 Å². The number of amides is 2. The van der Waals surface area contributed by atoms with Crippen molar-refractivity contribution in [2.75, 3.05) is 0 Å². The fourth-order valence-corrected chi connectivity index (χ4v) is 5.00. The zero-order chi connectivity index (χ0) is 15.8. The molecule has 1 atom stereocenters. The fraction of sp³-hybridized carbons (Fsp3) is 0.111. The summed E-state index contributed by atoms with van der Waals surface area (Å²) in [6.45, 7) is 0. The van der Waals surface area contributed by atoms with Gasteiger partial charge in [-0.05, 0) is 40.9 Å². The summed E-state index contributed by atoms with van der Waals surface area (Å²) in [5, 5.41) is 2.33. The van der Waals surface area contributed by atoms with Crippen molar-refractivity contribution in [3.63, 3.8) is 0 Å². The van der Waals surface area contributed by atoms with Crippen molar-refractivity contribution in [1.82, 2.24) is 5.32 Å². The maximum absolute atomic E-state index is 12.1. The first-order valence-corrected chi connectivity index (χ1v) is 8.99. The van der Waals surface area contributed by atoms with Gasteiger partial charge in [-0.2, -0.15) is 0 Å². The van der Waals surface area contributed by atoms with Gasteiger partial charge in [0, 0.05) is 10.1 Å². The lowest BCUT2D eigenvalue weighted by Crippen LogP contribution is -2.19. The Morgan fingerprint density at radius 1 is 0.957 bits per heavy atom. The summed E-state index contributed by atoms with van der Waals surface area (Å²) in [4.78, 5) is 25.4. The highest BCUT2D eigenvalue weighted by Gasteiger charge is 2.33. The molecule has 1 fully saturated rings. The number of hydrogen-bond acceptors (Lipinski definition) is 4. The van der Waals surface area contributed by atoms with Crippen LogP contribution in [0.3, 0.4) is 0 Å². The Morgan fingerprint density at radius 3 is 2.43 bits per heavy atom. The van der Waals surface area contributed by atoms with E-state index in [1.807, 2.05) is 48.2 Å². The van der Waals surface area contributed by atoms with Gasteiger partial charge in [-0.1, -0.05) is 48.5 Å². The second-order valence-corrected chi connectivity index (χ2v) is 7.60. The normalized spacial score (nSPS) is 23.6. The Bertz CT molecular complexity index is 830. The molecule has 0 radical (unpaired) electrons. The van der Waals surface area contributed by atoms with E-state index in [1.165, 1.54) is 5.56 Å². The van der Waals surface area contributed by atoms with Gasteiger partial charge in [0.05, 0.1) is 4.91 Å². The summed E-state index contributed by atoms with van der Waals surface area (Å²) in [6.07, 6.45) is 0.745. The molecule has 2 aliphatic rings. The first-order chi connectivity index (χ1) is 11.2. The Labute approximate surface area is 142 Å². The number of fused-ring (bicyclic) bond motifs is 1. The largest absolute Gasteiger partial charge is 0.290 e. The molecule has 4 rings (SSSR count). The third-order valence-corrected chi connectivity index (χ3v) is 6.19. The van der Waals surface area contributed by atoms with E-state index in [0.717, 1.165) is 34.2 Å². The van der Waals surface area contributed by atoms with Crippen LogP contribution in [-0.2, 0) is 4.79 Å². The number of carbonyl (C=O) groups excluding carboxylic acids is 2. The molecule has 0 spiro atoms. The highest BCUT2D eigenvalue weighted by molar-refractivity contribution is 8.18. The number of allylic oxidation sites excluding steroid dienone is 1. The highest BCUT2D eigenvalue weighted by atomic mass is 32.2. The van der Waals surface area contributed by atoms with Gasteiger partial charge >= 0.3 is 0 Å². The zero-order valence-corrected chi connectivity index (χ0v) is 13.7. The molecule has 2 amide bonds. The predicted molar refractivity (Wildman–Crippen MR) is 94.1 cm³/mol. The van der Waals surface area contributed by atoms with Crippen LogP contribution in [-0.4, -0.2) is 11.1 Å². The van der Waals surface area contributed by atoms with E-state index < -0.39 is 0 Å². The highest BCUT2D eigenvalue weighted by Crippen LogP contribution is 2.51. The third-order valence-electron chi connectivity index (χ3n) is 3.93. The molecule has 1 saturated heterocycles. The van der Waals surface area contributed by atoms with Crippen molar-refractivity contribution < 1.29 is 9.59 Å². The molecule has 1 unspecified atom stereocenters. The van der Waals surface area contributed by atoms with E-state index in [2.05, 4.69) is 23.5 Å². The van der Waals surface area contributed by atoms with Gasteiger partial charge in [0.15, 0.2) is 0 Å². The summed E-state index contributed by atoms with van der Waals surface area (Å²) >= 11 is 2.83. The fourth-order valence-electron chi connectivity index (χ4n) is 2.89. The van der Waals surface area contributed by atoms with Crippen molar-refractivity contribution in [2.45, 2.75) is 16.6 Å². The molecule has 2 aliphatic heterocycles. The molecule has 5 heteroatoms. The van der Waals surface area contributed by atoms with E-state index in [9.17, 15) is 9.59 Å². The van der Waals surface area contributed by atoms with E-state index in [-0.39, 0.29) is 16.4 Å². The van der Waals surface area contributed by atoms with Gasteiger partial charge in [0.1, 0.15) is 0 Å². The Kier molecular flexibility index (Phi) is 3.75. The molecule has 1 N–H and O–H groups in total. The molecular formula is C18H13NO2S2. The molecule has 2 aromatic rings. The van der Waals surface area contributed by atoms with Gasteiger partial charge in [0.2, 0.25) is 0 Å². The van der Waals surface area contributed by atoms with Crippen molar-refractivity contribution in [2.24, 2.45) is 0 Å². The zero-order valence-electron chi connectivity index (χ0n) is 12.1. The molecule has 114 valence electrons. The minimum Gasteiger partial charge on any atom is -0.282 e. The topological polar surface area (TPSA) is 46.2 Å². The SMILES string of the molecule is O=C1NC(=O)/C(=C2\CC(c3ccccc3)Sc3ccccc32)S1. The first kappa shape index (κ1) is 14.6. The van der Waals surface area contributed by atoms with Crippen LogP contribution in [0.25, 0.3) is 5.57 Å². The van der Waals surface area contributed by atoms with E-state index in [1.54, 1.807) is 0 Å². The summed E-state index contributed by atoms with van der Waals surface area (Å²) in [7, 11) is 0.